The monoisotopic (exact) mass is 231 g/mol. The van der Waals surface area contributed by atoms with Gasteiger partial charge < -0.3 is 5.11 Å². The third kappa shape index (κ3) is 1.30. The molecule has 0 unspecified atom stereocenters. The van der Waals surface area contributed by atoms with Crippen LogP contribution >= 0.6 is 23.2 Å². The Balaban J connectivity index is 2.80. The van der Waals surface area contributed by atoms with E-state index in [4.69, 9.17) is 28.3 Å². The molecular formula is C7H3Cl2N3O2. The summed E-state index contributed by atoms with van der Waals surface area (Å²) < 4.78 is 1.31. The first kappa shape index (κ1) is 9.23. The van der Waals surface area contributed by atoms with E-state index in [1.54, 1.807) is 0 Å². The summed E-state index contributed by atoms with van der Waals surface area (Å²) in [5.41, 5.74) is -0.235. The van der Waals surface area contributed by atoms with Crippen molar-refractivity contribution in [3.63, 3.8) is 0 Å². The number of imidazole rings is 1. The molecule has 72 valence electrons. The fourth-order valence-corrected chi connectivity index (χ4v) is 1.41. The molecule has 0 saturated heterocycles. The maximum absolute atomic E-state index is 10.7. The van der Waals surface area contributed by atoms with Gasteiger partial charge in [-0.2, -0.15) is 0 Å². The van der Waals surface area contributed by atoms with Gasteiger partial charge in [0.2, 0.25) is 5.78 Å². The molecule has 2 rings (SSSR count). The van der Waals surface area contributed by atoms with Crippen molar-refractivity contribution in [2.75, 3.05) is 0 Å². The van der Waals surface area contributed by atoms with Crippen LogP contribution in [0.15, 0.2) is 12.4 Å². The number of hydrogen-bond donors (Lipinski definition) is 1. The van der Waals surface area contributed by atoms with Gasteiger partial charge in [-0.05, 0) is 0 Å². The van der Waals surface area contributed by atoms with E-state index in [2.05, 4.69) is 9.97 Å². The topological polar surface area (TPSA) is 67.5 Å². The SMILES string of the molecule is O=C(O)c1nc2ncc(Cl)cn2c1Cl. The Morgan fingerprint density at radius 1 is 1.50 bits per heavy atom. The van der Waals surface area contributed by atoms with Crippen LogP contribution in [0, 0.1) is 0 Å². The van der Waals surface area contributed by atoms with Crippen LogP contribution < -0.4 is 0 Å². The summed E-state index contributed by atoms with van der Waals surface area (Å²) >= 11 is 11.4. The van der Waals surface area contributed by atoms with Gasteiger partial charge in [0.15, 0.2) is 5.69 Å². The molecule has 2 aromatic rings. The highest BCUT2D eigenvalue weighted by atomic mass is 35.5. The maximum atomic E-state index is 10.7. The molecule has 0 amide bonds. The number of aromatic carboxylic acids is 1. The van der Waals surface area contributed by atoms with E-state index in [0.29, 0.717) is 5.02 Å². The van der Waals surface area contributed by atoms with E-state index in [9.17, 15) is 4.79 Å². The Labute approximate surface area is 87.9 Å². The fourth-order valence-electron chi connectivity index (χ4n) is 1.02. The minimum absolute atomic E-state index is 0.0116. The number of nitrogens with zero attached hydrogens (tertiary/aromatic N) is 3. The molecule has 0 aliphatic rings. The number of carboxylic acid groups (broad SMARTS) is 1. The van der Waals surface area contributed by atoms with Crippen molar-refractivity contribution in [3.05, 3.63) is 28.3 Å². The van der Waals surface area contributed by atoms with Crippen LogP contribution in [0.25, 0.3) is 5.78 Å². The summed E-state index contributed by atoms with van der Waals surface area (Å²) in [6.07, 6.45) is 2.82. The summed E-state index contributed by atoms with van der Waals surface area (Å²) in [6.45, 7) is 0. The average Bonchev–Trinajstić information content (AvgIpc) is 2.44. The van der Waals surface area contributed by atoms with Crippen molar-refractivity contribution < 1.29 is 9.90 Å². The highest BCUT2D eigenvalue weighted by Crippen LogP contribution is 2.18. The molecule has 0 aliphatic carbocycles. The Morgan fingerprint density at radius 2 is 2.21 bits per heavy atom. The quantitative estimate of drug-likeness (QED) is 0.812. The van der Waals surface area contributed by atoms with Crippen LogP contribution in [0.1, 0.15) is 10.5 Å². The van der Waals surface area contributed by atoms with Crippen LogP contribution in [0.4, 0.5) is 0 Å². The van der Waals surface area contributed by atoms with E-state index in [-0.39, 0.29) is 16.6 Å². The van der Waals surface area contributed by atoms with Gasteiger partial charge in [-0.3, -0.25) is 4.40 Å². The van der Waals surface area contributed by atoms with Crippen LogP contribution in [0.3, 0.4) is 0 Å². The molecular weight excluding hydrogens is 229 g/mol. The number of hydrogen-bond acceptors (Lipinski definition) is 3. The molecule has 1 N–H and O–H groups in total. The molecule has 14 heavy (non-hydrogen) atoms. The predicted molar refractivity (Wildman–Crippen MR) is 50.0 cm³/mol. The van der Waals surface area contributed by atoms with Crippen molar-refractivity contribution in [3.8, 4) is 0 Å². The van der Waals surface area contributed by atoms with Crippen molar-refractivity contribution in [2.24, 2.45) is 0 Å². The third-order valence-corrected chi connectivity index (χ3v) is 2.15. The highest BCUT2D eigenvalue weighted by Gasteiger charge is 2.16. The molecule has 0 radical (unpaired) electrons. The summed E-state index contributed by atoms with van der Waals surface area (Å²) in [4.78, 5) is 18.2. The van der Waals surface area contributed by atoms with Crippen LogP contribution in [-0.4, -0.2) is 25.4 Å². The van der Waals surface area contributed by atoms with E-state index >= 15 is 0 Å². The lowest BCUT2D eigenvalue weighted by atomic mass is 10.5. The average molecular weight is 232 g/mol. The van der Waals surface area contributed by atoms with Crippen LogP contribution in [-0.2, 0) is 0 Å². The van der Waals surface area contributed by atoms with Gasteiger partial charge >= 0.3 is 5.97 Å². The molecule has 2 aromatic heterocycles. The van der Waals surface area contributed by atoms with E-state index < -0.39 is 5.97 Å². The number of aromatic nitrogens is 3. The first-order valence-corrected chi connectivity index (χ1v) is 4.27. The largest absolute Gasteiger partial charge is 0.476 e. The van der Waals surface area contributed by atoms with E-state index in [0.717, 1.165) is 0 Å². The fraction of sp³-hybridized carbons (Fsp3) is 0. The second kappa shape index (κ2) is 3.11. The van der Waals surface area contributed by atoms with Crippen LogP contribution in [0.2, 0.25) is 10.2 Å². The van der Waals surface area contributed by atoms with Crippen molar-refractivity contribution in [1.29, 1.82) is 0 Å². The molecule has 0 fully saturated rings. The van der Waals surface area contributed by atoms with E-state index in [1.165, 1.54) is 16.8 Å². The lowest BCUT2D eigenvalue weighted by Gasteiger charge is -1.93. The Bertz CT molecular complexity index is 523. The molecule has 0 aromatic carbocycles. The molecule has 5 nitrogen and oxygen atoms in total. The van der Waals surface area contributed by atoms with Crippen molar-refractivity contribution >= 4 is 34.9 Å². The Hall–Kier alpha value is -1.33. The minimum atomic E-state index is -1.20. The molecule has 0 aliphatic heterocycles. The molecule has 0 saturated carbocycles. The lowest BCUT2D eigenvalue weighted by Crippen LogP contribution is -1.96. The van der Waals surface area contributed by atoms with Gasteiger partial charge in [-0.25, -0.2) is 14.8 Å². The lowest BCUT2D eigenvalue weighted by molar-refractivity contribution is 0.0691. The highest BCUT2D eigenvalue weighted by molar-refractivity contribution is 6.33. The van der Waals surface area contributed by atoms with Gasteiger partial charge in [0.1, 0.15) is 5.15 Å². The zero-order valence-electron chi connectivity index (χ0n) is 6.61. The number of rotatable bonds is 1. The molecule has 0 bridgehead atoms. The zero-order valence-corrected chi connectivity index (χ0v) is 8.12. The minimum Gasteiger partial charge on any atom is -0.476 e. The summed E-state index contributed by atoms with van der Waals surface area (Å²) in [5, 5.41) is 9.06. The predicted octanol–water partition coefficient (Wildman–Crippen LogP) is 1.73. The summed E-state index contributed by atoms with van der Waals surface area (Å²) in [7, 11) is 0. The van der Waals surface area contributed by atoms with Crippen LogP contribution in [0.5, 0.6) is 0 Å². The molecule has 7 heteroatoms. The number of carbonyl (C=O) groups is 1. The third-order valence-electron chi connectivity index (χ3n) is 1.59. The number of carboxylic acids is 1. The molecule has 0 spiro atoms. The number of fused-ring (bicyclic) bond motifs is 1. The zero-order chi connectivity index (χ0) is 10.3. The molecule has 2 heterocycles. The van der Waals surface area contributed by atoms with E-state index in [1.807, 2.05) is 0 Å². The first-order valence-electron chi connectivity index (χ1n) is 3.52. The second-order valence-corrected chi connectivity index (χ2v) is 3.29. The Morgan fingerprint density at radius 3 is 2.86 bits per heavy atom. The van der Waals surface area contributed by atoms with Crippen molar-refractivity contribution in [1.82, 2.24) is 14.4 Å². The van der Waals surface area contributed by atoms with Gasteiger partial charge in [0.25, 0.3) is 0 Å². The van der Waals surface area contributed by atoms with Gasteiger partial charge in [0, 0.05) is 6.20 Å². The second-order valence-electron chi connectivity index (χ2n) is 2.50. The standard InChI is InChI=1S/C7H3Cl2N3O2/c8-3-1-10-7-11-4(6(13)14)5(9)12(7)2-3/h1-2H,(H,13,14). The van der Waals surface area contributed by atoms with Crippen molar-refractivity contribution in [2.45, 2.75) is 0 Å². The normalized spacial score (nSPS) is 10.7. The van der Waals surface area contributed by atoms with Gasteiger partial charge in [-0.15, -0.1) is 0 Å². The smallest absolute Gasteiger partial charge is 0.357 e. The van der Waals surface area contributed by atoms with Gasteiger partial charge in [0.05, 0.1) is 11.2 Å². The maximum Gasteiger partial charge on any atom is 0.357 e. The molecule has 0 atom stereocenters. The summed E-state index contributed by atoms with van der Waals surface area (Å²) in [5.74, 6) is -0.992. The number of halogens is 2. The van der Waals surface area contributed by atoms with Gasteiger partial charge in [-0.1, -0.05) is 23.2 Å². The first-order chi connectivity index (χ1) is 6.59. The Kier molecular flexibility index (Phi) is 2.05. The summed E-state index contributed by atoms with van der Waals surface area (Å²) in [6, 6.07) is 0.